The number of aliphatic hydroxyl groups excluding tert-OH is 2. The molecule has 0 radical (unpaired) electrons. The van der Waals surface area contributed by atoms with Crippen LogP contribution in [-0.4, -0.2) is 34.5 Å². The molecule has 0 aliphatic heterocycles. The molecule has 23 heavy (non-hydrogen) atoms. The van der Waals surface area contributed by atoms with Gasteiger partial charge < -0.3 is 20.7 Å². The molecule has 5 heteroatoms. The highest BCUT2D eigenvalue weighted by Gasteiger charge is 2.30. The fourth-order valence-electron chi connectivity index (χ4n) is 2.40. The number of alkyl halides is 1. The van der Waals surface area contributed by atoms with Crippen molar-refractivity contribution < 1.29 is 14.9 Å². The van der Waals surface area contributed by atoms with Crippen LogP contribution in [0.5, 0.6) is 0 Å². The van der Waals surface area contributed by atoms with Crippen LogP contribution in [0, 0.1) is 0 Å². The second-order valence-electron chi connectivity index (χ2n) is 6.14. The molecule has 1 aromatic carbocycles. The van der Waals surface area contributed by atoms with E-state index in [-0.39, 0.29) is 6.61 Å². The second kappa shape index (κ2) is 11.8. The Hall–Kier alpha value is -0.650. The number of nitrogens with two attached hydrogens (primary N) is 1. The highest BCUT2D eigenvalue weighted by molar-refractivity contribution is 6.20. The highest BCUT2D eigenvalue weighted by atomic mass is 35.5. The molecule has 0 bridgehead atoms. The molecule has 2 atom stereocenters. The van der Waals surface area contributed by atoms with Crippen molar-refractivity contribution in [3.8, 4) is 0 Å². The Morgan fingerprint density at radius 2 is 1.65 bits per heavy atom. The lowest BCUT2D eigenvalue weighted by Crippen LogP contribution is -2.51. The molecule has 1 rings (SSSR count). The van der Waals surface area contributed by atoms with Gasteiger partial charge in [0.15, 0.2) is 0 Å². The molecule has 4 N–H and O–H groups in total. The van der Waals surface area contributed by atoms with E-state index in [1.165, 1.54) is 5.56 Å². The summed E-state index contributed by atoms with van der Waals surface area (Å²) in [4.78, 5) is 0. The van der Waals surface area contributed by atoms with Crippen molar-refractivity contribution in [2.75, 3.05) is 13.2 Å². The van der Waals surface area contributed by atoms with E-state index < -0.39 is 11.1 Å². The maximum atomic E-state index is 9.34. The molecule has 132 valence electrons. The second-order valence-corrected chi connectivity index (χ2v) is 6.55. The number of hydrogen-bond donors (Lipinski definition) is 3. The number of hydrogen-bond acceptors (Lipinski definition) is 4. The van der Waals surface area contributed by atoms with Gasteiger partial charge in [-0.3, -0.25) is 0 Å². The van der Waals surface area contributed by atoms with Crippen molar-refractivity contribution >= 4 is 11.6 Å². The third-order valence-electron chi connectivity index (χ3n) is 4.06. The van der Waals surface area contributed by atoms with Gasteiger partial charge in [0, 0.05) is 6.61 Å². The van der Waals surface area contributed by atoms with Gasteiger partial charge in [-0.1, -0.05) is 74.0 Å². The Balaban J connectivity index is 1.92. The summed E-state index contributed by atoms with van der Waals surface area (Å²) in [6.07, 6.45) is 6.95. The van der Waals surface area contributed by atoms with Gasteiger partial charge >= 0.3 is 0 Å². The van der Waals surface area contributed by atoms with Crippen LogP contribution >= 0.6 is 11.6 Å². The molecule has 4 nitrogen and oxygen atoms in total. The number of ether oxygens (including phenoxy) is 1. The molecule has 0 aliphatic carbocycles. The molecule has 0 spiro atoms. The number of rotatable bonds is 13. The van der Waals surface area contributed by atoms with Gasteiger partial charge in [-0.15, -0.1) is 0 Å². The van der Waals surface area contributed by atoms with E-state index >= 15 is 0 Å². The van der Waals surface area contributed by atoms with Crippen LogP contribution in [0.25, 0.3) is 0 Å². The minimum atomic E-state index is -1.20. The summed E-state index contributed by atoms with van der Waals surface area (Å²) in [5, 5.41) is 18.5. The first-order valence-corrected chi connectivity index (χ1v) is 8.86. The third-order valence-corrected chi connectivity index (χ3v) is 4.50. The summed E-state index contributed by atoms with van der Waals surface area (Å²) < 4.78 is 5.65. The number of aliphatic hydroxyl groups is 2. The quantitative estimate of drug-likeness (QED) is 0.380. The van der Waals surface area contributed by atoms with Crippen LogP contribution in [0.15, 0.2) is 30.3 Å². The largest absolute Gasteiger partial charge is 0.394 e. The molecule has 0 aromatic heterocycles. The summed E-state index contributed by atoms with van der Waals surface area (Å²) in [6, 6.07) is 10.2. The van der Waals surface area contributed by atoms with E-state index in [0.29, 0.717) is 13.0 Å². The van der Waals surface area contributed by atoms with Crippen LogP contribution in [0.3, 0.4) is 0 Å². The molecule has 0 saturated heterocycles. The third kappa shape index (κ3) is 8.68. The van der Waals surface area contributed by atoms with Gasteiger partial charge in [0.2, 0.25) is 0 Å². The van der Waals surface area contributed by atoms with E-state index in [2.05, 4.69) is 12.1 Å². The van der Waals surface area contributed by atoms with E-state index in [9.17, 15) is 10.2 Å². The van der Waals surface area contributed by atoms with Crippen LogP contribution in [0.4, 0.5) is 0 Å². The fraction of sp³-hybridized carbons (Fsp3) is 0.667. The Kier molecular flexibility index (Phi) is 10.5. The summed E-state index contributed by atoms with van der Waals surface area (Å²) in [7, 11) is 0. The van der Waals surface area contributed by atoms with Gasteiger partial charge in [0.25, 0.3) is 0 Å². The average molecular weight is 344 g/mol. The van der Waals surface area contributed by atoms with E-state index in [1.54, 1.807) is 0 Å². The molecule has 0 heterocycles. The summed E-state index contributed by atoms with van der Waals surface area (Å²) in [6.45, 7) is 1.18. The normalized spacial score (nSPS) is 15.3. The fourth-order valence-corrected chi connectivity index (χ4v) is 2.58. The lowest BCUT2D eigenvalue weighted by atomic mass is 9.94. The monoisotopic (exact) mass is 343 g/mol. The molecule has 0 saturated carbocycles. The minimum absolute atomic E-state index is 0.295. The van der Waals surface area contributed by atoms with Gasteiger partial charge in [-0.05, 0) is 18.4 Å². The molecular weight excluding hydrogens is 314 g/mol. The molecular formula is C18H30ClNO3. The van der Waals surface area contributed by atoms with Crippen LogP contribution in [0.2, 0.25) is 0 Å². The lowest BCUT2D eigenvalue weighted by molar-refractivity contribution is 0.0863. The Labute approximate surface area is 144 Å². The average Bonchev–Trinajstić information content (AvgIpc) is 2.57. The number of benzene rings is 1. The first-order chi connectivity index (χ1) is 11.1. The number of unbranched alkanes of at least 4 members (excludes halogenated alkanes) is 5. The zero-order valence-corrected chi connectivity index (χ0v) is 14.5. The van der Waals surface area contributed by atoms with Gasteiger partial charge in [-0.2, -0.15) is 0 Å². The molecule has 0 amide bonds. The Morgan fingerprint density at radius 3 is 2.26 bits per heavy atom. The van der Waals surface area contributed by atoms with Crippen molar-refractivity contribution in [1.29, 1.82) is 0 Å². The van der Waals surface area contributed by atoms with Crippen molar-refractivity contribution in [3.05, 3.63) is 35.9 Å². The summed E-state index contributed by atoms with van der Waals surface area (Å²) in [5.41, 5.74) is 4.77. The predicted molar refractivity (Wildman–Crippen MR) is 94.3 cm³/mol. The van der Waals surface area contributed by atoms with Crippen molar-refractivity contribution in [3.63, 3.8) is 0 Å². The number of halogens is 1. The zero-order chi connectivity index (χ0) is 17.0. The lowest BCUT2D eigenvalue weighted by Gasteiger charge is -2.28. The topological polar surface area (TPSA) is 75.7 Å². The Bertz CT molecular complexity index is 403. The van der Waals surface area contributed by atoms with Gasteiger partial charge in [0.05, 0.1) is 18.8 Å². The van der Waals surface area contributed by atoms with E-state index in [0.717, 1.165) is 45.1 Å². The molecule has 1 aromatic rings. The van der Waals surface area contributed by atoms with Crippen molar-refractivity contribution in [2.45, 2.75) is 62.7 Å². The smallest absolute Gasteiger partial charge is 0.148 e. The minimum Gasteiger partial charge on any atom is -0.394 e. The molecule has 0 aliphatic rings. The zero-order valence-electron chi connectivity index (χ0n) is 13.8. The van der Waals surface area contributed by atoms with Crippen molar-refractivity contribution in [1.82, 2.24) is 0 Å². The van der Waals surface area contributed by atoms with Crippen LogP contribution < -0.4 is 5.73 Å². The van der Waals surface area contributed by atoms with Crippen molar-refractivity contribution in [2.24, 2.45) is 5.73 Å². The van der Waals surface area contributed by atoms with Crippen LogP contribution in [0.1, 0.15) is 50.5 Å². The van der Waals surface area contributed by atoms with Crippen LogP contribution in [-0.2, 0) is 11.3 Å². The standard InChI is InChI=1S/C18H30ClNO3/c19-17(22)18(20,15-21)12-8-3-1-2-4-9-13-23-14-16-10-6-5-7-11-16/h5-7,10-11,17,21-22H,1-4,8-9,12-15,20H2. The maximum Gasteiger partial charge on any atom is 0.148 e. The maximum absolute atomic E-state index is 9.34. The molecule has 2 unspecified atom stereocenters. The Morgan fingerprint density at radius 1 is 1.04 bits per heavy atom. The predicted octanol–water partition coefficient (Wildman–Crippen LogP) is 3.18. The summed E-state index contributed by atoms with van der Waals surface area (Å²) in [5.74, 6) is 0. The van der Waals surface area contributed by atoms with Gasteiger partial charge in [-0.25, -0.2) is 0 Å². The molecule has 0 fully saturated rings. The SMILES string of the molecule is NC(CO)(CCCCCCCCOCc1ccccc1)C(O)Cl. The first kappa shape index (κ1) is 20.4. The summed E-state index contributed by atoms with van der Waals surface area (Å²) >= 11 is 5.60. The first-order valence-electron chi connectivity index (χ1n) is 8.42. The van der Waals surface area contributed by atoms with Gasteiger partial charge in [0.1, 0.15) is 5.56 Å². The highest BCUT2D eigenvalue weighted by Crippen LogP contribution is 2.19. The van der Waals surface area contributed by atoms with E-state index in [1.807, 2.05) is 18.2 Å². The van der Waals surface area contributed by atoms with E-state index in [4.69, 9.17) is 22.1 Å².